The summed E-state index contributed by atoms with van der Waals surface area (Å²) in [4.78, 5) is 24.8. The molecular formula is C16H12O3. The Morgan fingerprint density at radius 2 is 1.37 bits per heavy atom. The fourth-order valence-electron chi connectivity index (χ4n) is 2.45. The van der Waals surface area contributed by atoms with Gasteiger partial charge in [0.1, 0.15) is 5.75 Å². The van der Waals surface area contributed by atoms with E-state index in [0.717, 1.165) is 5.56 Å². The molecule has 1 aliphatic carbocycles. The van der Waals surface area contributed by atoms with Crippen molar-refractivity contribution < 1.29 is 14.3 Å². The quantitative estimate of drug-likeness (QED) is 0.669. The highest BCUT2D eigenvalue weighted by atomic mass is 16.5. The Balaban J connectivity index is 2.30. The Morgan fingerprint density at radius 3 is 1.89 bits per heavy atom. The average Bonchev–Trinajstić information content (AvgIpc) is 2.44. The zero-order valence-electron chi connectivity index (χ0n) is 10.7. The first kappa shape index (κ1) is 11.7. The van der Waals surface area contributed by atoms with E-state index in [1.54, 1.807) is 43.5 Å². The number of rotatable bonds is 1. The number of carbonyl (C=O) groups is 2. The van der Waals surface area contributed by atoms with Crippen LogP contribution in [0.2, 0.25) is 0 Å². The molecule has 3 heteroatoms. The van der Waals surface area contributed by atoms with Crippen LogP contribution in [0.5, 0.6) is 5.75 Å². The van der Waals surface area contributed by atoms with E-state index in [1.807, 2.05) is 6.92 Å². The fourth-order valence-corrected chi connectivity index (χ4v) is 2.45. The molecule has 2 aromatic rings. The SMILES string of the molecule is COc1cc2c(cc1C)C(=O)c1ccccc1C2=O. The standard InChI is InChI=1S/C16H12O3/c1-9-7-12-13(8-14(9)19-2)16(18)11-6-4-3-5-10(11)15(12)17/h3-8H,1-2H3. The Hall–Kier alpha value is -2.42. The summed E-state index contributed by atoms with van der Waals surface area (Å²) in [5.41, 5.74) is 2.67. The summed E-state index contributed by atoms with van der Waals surface area (Å²) in [7, 11) is 1.55. The van der Waals surface area contributed by atoms with Crippen LogP contribution < -0.4 is 4.74 Å². The van der Waals surface area contributed by atoms with E-state index < -0.39 is 0 Å². The van der Waals surface area contributed by atoms with Gasteiger partial charge in [-0.05, 0) is 24.6 Å². The van der Waals surface area contributed by atoms with Gasteiger partial charge in [-0.1, -0.05) is 24.3 Å². The van der Waals surface area contributed by atoms with Gasteiger partial charge in [0, 0.05) is 22.3 Å². The number of hydrogen-bond acceptors (Lipinski definition) is 3. The molecule has 0 aliphatic heterocycles. The minimum absolute atomic E-state index is 0.101. The van der Waals surface area contributed by atoms with Crippen molar-refractivity contribution in [2.75, 3.05) is 7.11 Å². The summed E-state index contributed by atoms with van der Waals surface area (Å²) >= 11 is 0. The van der Waals surface area contributed by atoms with Crippen LogP contribution in [0, 0.1) is 6.92 Å². The fraction of sp³-hybridized carbons (Fsp3) is 0.125. The van der Waals surface area contributed by atoms with E-state index in [1.165, 1.54) is 0 Å². The van der Waals surface area contributed by atoms with Gasteiger partial charge in [0.15, 0.2) is 11.6 Å². The van der Waals surface area contributed by atoms with Crippen LogP contribution in [-0.4, -0.2) is 18.7 Å². The molecule has 0 saturated heterocycles. The van der Waals surface area contributed by atoms with Crippen molar-refractivity contribution in [3.05, 3.63) is 64.2 Å². The van der Waals surface area contributed by atoms with Crippen molar-refractivity contribution in [3.63, 3.8) is 0 Å². The van der Waals surface area contributed by atoms with Crippen LogP contribution in [0.25, 0.3) is 0 Å². The van der Waals surface area contributed by atoms with E-state index in [4.69, 9.17) is 4.74 Å². The summed E-state index contributed by atoms with van der Waals surface area (Å²) in [6.45, 7) is 1.86. The van der Waals surface area contributed by atoms with Gasteiger partial charge in [0.05, 0.1) is 7.11 Å². The molecule has 0 aromatic heterocycles. The zero-order chi connectivity index (χ0) is 13.6. The molecule has 3 nitrogen and oxygen atoms in total. The smallest absolute Gasteiger partial charge is 0.194 e. The van der Waals surface area contributed by atoms with Crippen LogP contribution in [0.15, 0.2) is 36.4 Å². The van der Waals surface area contributed by atoms with Gasteiger partial charge in [-0.25, -0.2) is 0 Å². The number of carbonyl (C=O) groups excluding carboxylic acids is 2. The predicted octanol–water partition coefficient (Wildman–Crippen LogP) is 2.78. The first-order valence-electron chi connectivity index (χ1n) is 6.00. The number of ketones is 2. The minimum atomic E-state index is -0.122. The summed E-state index contributed by atoms with van der Waals surface area (Å²) in [6.07, 6.45) is 0. The van der Waals surface area contributed by atoms with Gasteiger partial charge in [-0.3, -0.25) is 9.59 Å². The predicted molar refractivity (Wildman–Crippen MR) is 71.0 cm³/mol. The normalized spacial score (nSPS) is 12.9. The summed E-state index contributed by atoms with van der Waals surface area (Å²) in [5.74, 6) is 0.402. The number of ether oxygens (including phenoxy) is 1. The second-order valence-corrected chi connectivity index (χ2v) is 4.57. The van der Waals surface area contributed by atoms with Gasteiger partial charge in [0.2, 0.25) is 0 Å². The van der Waals surface area contributed by atoms with E-state index in [9.17, 15) is 9.59 Å². The van der Waals surface area contributed by atoms with Crippen LogP contribution in [0.4, 0.5) is 0 Å². The van der Waals surface area contributed by atoms with Crippen molar-refractivity contribution in [1.82, 2.24) is 0 Å². The zero-order valence-corrected chi connectivity index (χ0v) is 10.7. The Morgan fingerprint density at radius 1 is 0.842 bits per heavy atom. The third-order valence-corrected chi connectivity index (χ3v) is 3.44. The second kappa shape index (κ2) is 4.05. The van der Waals surface area contributed by atoms with Crippen molar-refractivity contribution in [2.45, 2.75) is 6.92 Å². The number of fused-ring (bicyclic) bond motifs is 2. The molecular weight excluding hydrogens is 240 g/mol. The van der Waals surface area contributed by atoms with E-state index in [2.05, 4.69) is 0 Å². The van der Waals surface area contributed by atoms with Crippen LogP contribution in [0.1, 0.15) is 37.4 Å². The summed E-state index contributed by atoms with van der Waals surface area (Å²) < 4.78 is 5.22. The Labute approximate surface area is 110 Å². The summed E-state index contributed by atoms with van der Waals surface area (Å²) in [5, 5.41) is 0. The number of aryl methyl sites for hydroxylation is 1. The van der Waals surface area contributed by atoms with Crippen molar-refractivity contribution in [2.24, 2.45) is 0 Å². The topological polar surface area (TPSA) is 43.4 Å². The first-order valence-corrected chi connectivity index (χ1v) is 6.00. The maximum atomic E-state index is 12.4. The molecule has 0 amide bonds. The van der Waals surface area contributed by atoms with Gasteiger partial charge in [0.25, 0.3) is 0 Å². The molecule has 0 fully saturated rings. The molecule has 19 heavy (non-hydrogen) atoms. The highest BCUT2D eigenvalue weighted by Gasteiger charge is 2.30. The highest BCUT2D eigenvalue weighted by molar-refractivity contribution is 6.28. The van der Waals surface area contributed by atoms with Gasteiger partial charge < -0.3 is 4.74 Å². The molecule has 1 aliphatic rings. The second-order valence-electron chi connectivity index (χ2n) is 4.57. The lowest BCUT2D eigenvalue weighted by molar-refractivity contribution is 0.0979. The van der Waals surface area contributed by atoms with Gasteiger partial charge in [-0.15, -0.1) is 0 Å². The molecule has 0 spiro atoms. The third kappa shape index (κ3) is 1.58. The molecule has 0 atom stereocenters. The largest absolute Gasteiger partial charge is 0.496 e. The Kier molecular flexibility index (Phi) is 2.49. The molecule has 0 radical (unpaired) electrons. The lowest BCUT2D eigenvalue weighted by Crippen LogP contribution is -2.21. The number of hydrogen-bond donors (Lipinski definition) is 0. The lowest BCUT2D eigenvalue weighted by Gasteiger charge is -2.19. The van der Waals surface area contributed by atoms with Gasteiger partial charge >= 0.3 is 0 Å². The monoisotopic (exact) mass is 252 g/mol. The highest BCUT2D eigenvalue weighted by Crippen LogP contribution is 2.31. The van der Waals surface area contributed by atoms with E-state index in [-0.39, 0.29) is 11.6 Å². The summed E-state index contributed by atoms with van der Waals surface area (Å²) in [6, 6.07) is 10.3. The molecule has 0 saturated carbocycles. The first-order chi connectivity index (χ1) is 9.13. The molecule has 2 aromatic carbocycles. The minimum Gasteiger partial charge on any atom is -0.496 e. The molecule has 0 bridgehead atoms. The molecule has 94 valence electrons. The van der Waals surface area contributed by atoms with Crippen molar-refractivity contribution >= 4 is 11.6 Å². The molecule has 3 rings (SSSR count). The van der Waals surface area contributed by atoms with Crippen molar-refractivity contribution in [3.8, 4) is 5.75 Å². The number of benzene rings is 2. The molecule has 0 heterocycles. The molecule has 0 unspecified atom stereocenters. The van der Waals surface area contributed by atoms with Crippen LogP contribution in [-0.2, 0) is 0 Å². The Bertz CT molecular complexity index is 714. The maximum Gasteiger partial charge on any atom is 0.194 e. The van der Waals surface area contributed by atoms with E-state index >= 15 is 0 Å². The van der Waals surface area contributed by atoms with Gasteiger partial charge in [-0.2, -0.15) is 0 Å². The van der Waals surface area contributed by atoms with E-state index in [0.29, 0.717) is 28.0 Å². The lowest BCUT2D eigenvalue weighted by atomic mass is 9.83. The third-order valence-electron chi connectivity index (χ3n) is 3.44. The average molecular weight is 252 g/mol. The van der Waals surface area contributed by atoms with Crippen LogP contribution in [0.3, 0.4) is 0 Å². The van der Waals surface area contributed by atoms with Crippen molar-refractivity contribution in [1.29, 1.82) is 0 Å². The number of methoxy groups -OCH3 is 1. The van der Waals surface area contributed by atoms with Crippen LogP contribution >= 0.6 is 0 Å². The molecule has 0 N–H and O–H groups in total. The maximum absolute atomic E-state index is 12.4.